The number of hydrogen-bond acceptors (Lipinski definition) is 4. The summed E-state index contributed by atoms with van der Waals surface area (Å²) < 4.78 is 0. The maximum Gasteiger partial charge on any atom is 0.237 e. The summed E-state index contributed by atoms with van der Waals surface area (Å²) in [5.74, 6) is -0.622. The normalized spacial score (nSPS) is 12.5. The lowest BCUT2D eigenvalue weighted by Crippen LogP contribution is -2.42. The monoisotopic (exact) mass is 264 g/mol. The van der Waals surface area contributed by atoms with Gasteiger partial charge in [-0.05, 0) is 37.5 Å². The van der Waals surface area contributed by atoms with Crippen LogP contribution in [-0.2, 0) is 11.2 Å². The third-order valence-electron chi connectivity index (χ3n) is 2.68. The number of amides is 1. The molecule has 0 bridgehead atoms. The average Bonchev–Trinajstić information content (AvgIpc) is 2.38. The number of allylic oxidation sites excluding steroid dienone is 1. The van der Waals surface area contributed by atoms with E-state index in [1.807, 2.05) is 19.1 Å². The quantitative estimate of drug-likeness (QED) is 0.351. The van der Waals surface area contributed by atoms with Crippen LogP contribution in [0.15, 0.2) is 30.4 Å². The van der Waals surface area contributed by atoms with Gasteiger partial charge in [0.2, 0.25) is 5.91 Å². The molecule has 0 spiro atoms. The second kappa shape index (κ2) is 7.43. The molecule has 0 saturated heterocycles. The highest BCUT2D eigenvalue weighted by Gasteiger charge is 2.14. The molecule has 0 fully saturated rings. The number of carbonyl (C=O) groups is 1. The zero-order valence-electron chi connectivity index (χ0n) is 11.0. The number of nitrogens with two attached hydrogens (primary N) is 1. The molecule has 5 N–H and O–H groups in total. The second-order valence-corrected chi connectivity index (χ2v) is 4.28. The van der Waals surface area contributed by atoms with Gasteiger partial charge in [0.25, 0.3) is 0 Å². The highest BCUT2D eigenvalue weighted by molar-refractivity contribution is 5.81. The van der Waals surface area contributed by atoms with Crippen molar-refractivity contribution >= 4 is 5.91 Å². The van der Waals surface area contributed by atoms with Crippen LogP contribution in [0.4, 0.5) is 0 Å². The first-order valence-electron chi connectivity index (χ1n) is 6.20. The third-order valence-corrected chi connectivity index (χ3v) is 2.68. The van der Waals surface area contributed by atoms with E-state index in [2.05, 4.69) is 5.32 Å². The SMILES string of the molecule is C/C=C/CCNC(=O)[C@@H](N)Cc1ccc(O)c(O)c1. The highest BCUT2D eigenvalue weighted by Crippen LogP contribution is 2.25. The number of carbonyl (C=O) groups excluding carboxylic acids is 1. The number of hydrogen-bond donors (Lipinski definition) is 4. The smallest absolute Gasteiger partial charge is 0.237 e. The number of rotatable bonds is 6. The minimum atomic E-state index is -0.672. The topological polar surface area (TPSA) is 95.6 Å². The van der Waals surface area contributed by atoms with Crippen LogP contribution < -0.4 is 11.1 Å². The van der Waals surface area contributed by atoms with Crippen molar-refractivity contribution in [3.05, 3.63) is 35.9 Å². The molecular formula is C14H20N2O3. The van der Waals surface area contributed by atoms with Gasteiger partial charge < -0.3 is 21.3 Å². The van der Waals surface area contributed by atoms with Crippen LogP contribution in [0.5, 0.6) is 11.5 Å². The minimum absolute atomic E-state index is 0.187. The Morgan fingerprint density at radius 1 is 1.42 bits per heavy atom. The molecule has 0 saturated carbocycles. The molecule has 0 radical (unpaired) electrons. The zero-order valence-corrected chi connectivity index (χ0v) is 11.0. The first kappa shape index (κ1) is 15.0. The van der Waals surface area contributed by atoms with Gasteiger partial charge in [-0.2, -0.15) is 0 Å². The fraction of sp³-hybridized carbons (Fsp3) is 0.357. The van der Waals surface area contributed by atoms with Crippen molar-refractivity contribution in [2.75, 3.05) is 6.54 Å². The lowest BCUT2D eigenvalue weighted by atomic mass is 10.1. The molecule has 0 aliphatic carbocycles. The minimum Gasteiger partial charge on any atom is -0.504 e. The molecule has 0 aliphatic rings. The molecule has 1 atom stereocenters. The van der Waals surface area contributed by atoms with Gasteiger partial charge >= 0.3 is 0 Å². The van der Waals surface area contributed by atoms with Crippen LogP contribution in [0.25, 0.3) is 0 Å². The molecule has 1 rings (SSSR count). The van der Waals surface area contributed by atoms with Crippen molar-refractivity contribution in [3.63, 3.8) is 0 Å². The molecule has 1 aromatic carbocycles. The summed E-state index contributed by atoms with van der Waals surface area (Å²) in [5.41, 5.74) is 6.48. The molecule has 19 heavy (non-hydrogen) atoms. The van der Waals surface area contributed by atoms with Crippen molar-refractivity contribution < 1.29 is 15.0 Å². The Kier molecular flexibility index (Phi) is 5.89. The van der Waals surface area contributed by atoms with Gasteiger partial charge in [0.1, 0.15) is 0 Å². The van der Waals surface area contributed by atoms with Crippen LogP contribution in [0.3, 0.4) is 0 Å². The molecule has 0 heterocycles. The van der Waals surface area contributed by atoms with E-state index >= 15 is 0 Å². The Morgan fingerprint density at radius 2 is 2.16 bits per heavy atom. The molecule has 0 aliphatic heterocycles. The zero-order chi connectivity index (χ0) is 14.3. The maximum absolute atomic E-state index is 11.7. The fourth-order valence-corrected chi connectivity index (χ4v) is 1.62. The Bertz CT molecular complexity index is 458. The van der Waals surface area contributed by atoms with Crippen molar-refractivity contribution in [2.45, 2.75) is 25.8 Å². The predicted molar refractivity (Wildman–Crippen MR) is 73.9 cm³/mol. The lowest BCUT2D eigenvalue weighted by Gasteiger charge is -2.12. The molecule has 0 aromatic heterocycles. The van der Waals surface area contributed by atoms with E-state index in [1.165, 1.54) is 12.1 Å². The summed E-state index contributed by atoms with van der Waals surface area (Å²) >= 11 is 0. The van der Waals surface area contributed by atoms with Gasteiger partial charge in [-0.3, -0.25) is 4.79 Å². The summed E-state index contributed by atoms with van der Waals surface area (Å²) in [4.78, 5) is 11.7. The summed E-state index contributed by atoms with van der Waals surface area (Å²) in [6.07, 6.45) is 4.97. The van der Waals surface area contributed by atoms with Crippen molar-refractivity contribution in [2.24, 2.45) is 5.73 Å². The Hall–Kier alpha value is -2.01. The highest BCUT2D eigenvalue weighted by atomic mass is 16.3. The van der Waals surface area contributed by atoms with Crippen LogP contribution in [-0.4, -0.2) is 28.7 Å². The summed E-state index contributed by atoms with van der Waals surface area (Å²) in [6.45, 7) is 2.47. The summed E-state index contributed by atoms with van der Waals surface area (Å²) in [7, 11) is 0. The van der Waals surface area contributed by atoms with Gasteiger partial charge in [-0.1, -0.05) is 18.2 Å². The van der Waals surface area contributed by atoms with E-state index in [0.717, 1.165) is 6.42 Å². The molecule has 0 unspecified atom stereocenters. The van der Waals surface area contributed by atoms with E-state index in [4.69, 9.17) is 5.73 Å². The standard InChI is InChI=1S/C14H20N2O3/c1-2-3-4-7-16-14(19)11(15)8-10-5-6-12(17)13(18)9-10/h2-3,5-6,9,11,17-18H,4,7-8,15H2,1H3,(H,16,19)/b3-2+/t11-/m0/s1. The predicted octanol–water partition coefficient (Wildman–Crippen LogP) is 1.05. The van der Waals surface area contributed by atoms with E-state index in [-0.39, 0.29) is 17.4 Å². The molecular weight excluding hydrogens is 244 g/mol. The van der Waals surface area contributed by atoms with Gasteiger partial charge in [-0.15, -0.1) is 0 Å². The summed E-state index contributed by atoms with van der Waals surface area (Å²) in [5, 5.41) is 21.3. The van der Waals surface area contributed by atoms with Crippen LogP contribution in [0.2, 0.25) is 0 Å². The molecule has 5 heteroatoms. The first-order valence-corrected chi connectivity index (χ1v) is 6.20. The largest absolute Gasteiger partial charge is 0.504 e. The molecule has 5 nitrogen and oxygen atoms in total. The second-order valence-electron chi connectivity index (χ2n) is 4.28. The fourth-order valence-electron chi connectivity index (χ4n) is 1.62. The average molecular weight is 264 g/mol. The van der Waals surface area contributed by atoms with Crippen molar-refractivity contribution in [3.8, 4) is 11.5 Å². The number of phenols is 2. The van der Waals surface area contributed by atoms with Crippen LogP contribution in [0, 0.1) is 0 Å². The number of nitrogens with one attached hydrogen (secondary N) is 1. The number of benzene rings is 1. The van der Waals surface area contributed by atoms with E-state index in [9.17, 15) is 15.0 Å². The Balaban J connectivity index is 2.46. The summed E-state index contributed by atoms with van der Waals surface area (Å²) in [6, 6.07) is 3.74. The van der Waals surface area contributed by atoms with E-state index in [1.54, 1.807) is 6.07 Å². The van der Waals surface area contributed by atoms with Gasteiger partial charge in [0.05, 0.1) is 6.04 Å². The van der Waals surface area contributed by atoms with Gasteiger partial charge in [-0.25, -0.2) is 0 Å². The maximum atomic E-state index is 11.7. The number of phenolic OH excluding ortho intramolecular Hbond substituents is 2. The van der Waals surface area contributed by atoms with E-state index < -0.39 is 6.04 Å². The third kappa shape index (κ3) is 5.01. The molecule has 1 amide bonds. The van der Waals surface area contributed by atoms with Crippen molar-refractivity contribution in [1.29, 1.82) is 0 Å². The first-order chi connectivity index (χ1) is 9.04. The van der Waals surface area contributed by atoms with Crippen molar-refractivity contribution in [1.82, 2.24) is 5.32 Å². The molecule has 104 valence electrons. The van der Waals surface area contributed by atoms with Crippen LogP contribution >= 0.6 is 0 Å². The van der Waals surface area contributed by atoms with Gasteiger partial charge in [0.15, 0.2) is 11.5 Å². The molecule has 1 aromatic rings. The lowest BCUT2D eigenvalue weighted by molar-refractivity contribution is -0.122. The number of aromatic hydroxyl groups is 2. The Morgan fingerprint density at radius 3 is 2.79 bits per heavy atom. The van der Waals surface area contributed by atoms with Crippen LogP contribution in [0.1, 0.15) is 18.9 Å². The van der Waals surface area contributed by atoms with E-state index in [0.29, 0.717) is 18.5 Å². The van der Waals surface area contributed by atoms with Gasteiger partial charge in [0, 0.05) is 6.54 Å². The Labute approximate surface area is 112 Å².